The number of ether oxygens (including phenoxy) is 1. The van der Waals surface area contributed by atoms with Crippen LogP contribution in [-0.2, 0) is 4.74 Å². The molecule has 25 heavy (non-hydrogen) atoms. The number of nitrogens with zero attached hydrogens (tertiary/aromatic N) is 2. The number of nitrogens with one attached hydrogen (secondary N) is 1. The summed E-state index contributed by atoms with van der Waals surface area (Å²) in [5.74, 6) is -0.534. The van der Waals surface area contributed by atoms with Gasteiger partial charge in [0.1, 0.15) is 11.3 Å². The van der Waals surface area contributed by atoms with Gasteiger partial charge in [-0.05, 0) is 46.8 Å². The van der Waals surface area contributed by atoms with Crippen LogP contribution in [0, 0.1) is 0 Å². The zero-order valence-electron chi connectivity index (χ0n) is 14.9. The van der Waals surface area contributed by atoms with Gasteiger partial charge in [0.25, 0.3) is 5.91 Å². The number of carbonyl (C=O) groups excluding carboxylic acids is 2. The van der Waals surface area contributed by atoms with Crippen molar-refractivity contribution < 1.29 is 29.3 Å². The largest absolute Gasteiger partial charge is 0.464 e. The van der Waals surface area contributed by atoms with Crippen LogP contribution in [0.2, 0.25) is 0 Å². The summed E-state index contributed by atoms with van der Waals surface area (Å²) in [6, 6.07) is 2.54. The highest BCUT2D eigenvalue weighted by Gasteiger charge is 2.29. The predicted octanol–water partition coefficient (Wildman–Crippen LogP) is 2.00. The maximum atomic E-state index is 12.0. The molecular weight excluding hydrogens is 330 g/mol. The maximum absolute atomic E-state index is 12.0. The fraction of sp³-hybridized carbons (Fsp3) is 0.500. The third-order valence-electron chi connectivity index (χ3n) is 2.69. The summed E-state index contributed by atoms with van der Waals surface area (Å²) in [4.78, 5) is 39.5. The summed E-state index contributed by atoms with van der Waals surface area (Å²) in [6.07, 6.45) is -1.52. The van der Waals surface area contributed by atoms with Gasteiger partial charge >= 0.3 is 12.2 Å². The zero-order chi connectivity index (χ0) is 19.4. The van der Waals surface area contributed by atoms with Crippen molar-refractivity contribution in [1.29, 1.82) is 0 Å². The highest BCUT2D eigenvalue weighted by atomic mass is 16.6. The van der Waals surface area contributed by atoms with E-state index in [4.69, 9.17) is 4.74 Å². The Morgan fingerprint density at radius 3 is 2.20 bits per heavy atom. The number of carbonyl (C=O) groups is 3. The highest BCUT2D eigenvalue weighted by Crippen LogP contribution is 2.18. The molecule has 0 aliphatic heterocycles. The summed E-state index contributed by atoms with van der Waals surface area (Å²) in [7, 11) is 0. The number of amides is 3. The van der Waals surface area contributed by atoms with Crippen LogP contribution in [0.5, 0.6) is 0 Å². The molecule has 0 spiro atoms. The maximum Gasteiger partial charge on any atom is 0.424 e. The molecule has 0 atom stereocenters. The van der Waals surface area contributed by atoms with E-state index < -0.39 is 29.3 Å². The van der Waals surface area contributed by atoms with Gasteiger partial charge in [0, 0.05) is 6.54 Å². The molecular formula is C16H23N3O6. The second kappa shape index (κ2) is 7.47. The summed E-state index contributed by atoms with van der Waals surface area (Å²) >= 11 is 0. The van der Waals surface area contributed by atoms with Crippen LogP contribution in [0.15, 0.2) is 18.3 Å². The first-order chi connectivity index (χ1) is 11.3. The van der Waals surface area contributed by atoms with E-state index in [1.165, 1.54) is 26.0 Å². The molecule has 1 heterocycles. The quantitative estimate of drug-likeness (QED) is 0.755. The van der Waals surface area contributed by atoms with Crippen molar-refractivity contribution in [3.8, 4) is 0 Å². The Hall–Kier alpha value is -2.68. The average Bonchev–Trinajstić information content (AvgIpc) is 2.42. The molecule has 9 nitrogen and oxygen atoms in total. The van der Waals surface area contributed by atoms with Gasteiger partial charge in [0.05, 0.1) is 17.5 Å². The average molecular weight is 353 g/mol. The van der Waals surface area contributed by atoms with E-state index in [-0.39, 0.29) is 17.9 Å². The van der Waals surface area contributed by atoms with Crippen molar-refractivity contribution in [3.05, 3.63) is 24.0 Å². The minimum atomic E-state index is -1.53. The molecule has 0 aliphatic carbocycles. The molecule has 0 unspecified atom stereocenters. The molecule has 1 aromatic heterocycles. The Kier molecular flexibility index (Phi) is 6.09. The van der Waals surface area contributed by atoms with E-state index in [0.29, 0.717) is 4.90 Å². The van der Waals surface area contributed by atoms with E-state index in [9.17, 15) is 24.6 Å². The second-order valence-electron chi connectivity index (χ2n) is 7.00. The van der Waals surface area contributed by atoms with Gasteiger partial charge in [0.15, 0.2) is 0 Å². The molecule has 3 amide bonds. The minimum Gasteiger partial charge on any atom is -0.464 e. The smallest absolute Gasteiger partial charge is 0.424 e. The van der Waals surface area contributed by atoms with Crippen LogP contribution in [0.4, 0.5) is 15.3 Å². The van der Waals surface area contributed by atoms with E-state index in [0.717, 1.165) is 6.20 Å². The molecule has 0 aromatic carbocycles. The third kappa shape index (κ3) is 6.76. The standard InChI is InChI=1S/C16H23N3O6/c1-15(2,3)25-14(23)19(13(21)22)10-6-7-11(17-8-10)12(20)18-9-16(4,5)24/h6-8,24H,9H2,1-5H3,(H,18,20)(H,21,22). The lowest BCUT2D eigenvalue weighted by Crippen LogP contribution is -2.40. The van der Waals surface area contributed by atoms with Crippen LogP contribution in [-0.4, -0.2) is 51.0 Å². The van der Waals surface area contributed by atoms with Crippen LogP contribution in [0.3, 0.4) is 0 Å². The van der Waals surface area contributed by atoms with E-state index in [2.05, 4.69) is 10.3 Å². The number of aromatic nitrogens is 1. The van der Waals surface area contributed by atoms with Crippen molar-refractivity contribution in [2.45, 2.75) is 45.8 Å². The normalized spacial score (nSPS) is 11.6. The lowest BCUT2D eigenvalue weighted by atomic mass is 10.1. The van der Waals surface area contributed by atoms with Gasteiger partial charge < -0.3 is 20.3 Å². The minimum absolute atomic E-state index is 0.0162. The first-order valence-corrected chi connectivity index (χ1v) is 7.53. The van der Waals surface area contributed by atoms with Gasteiger partial charge in [-0.25, -0.2) is 14.6 Å². The molecule has 0 aliphatic rings. The lowest BCUT2D eigenvalue weighted by molar-refractivity contribution is 0.0581. The molecule has 138 valence electrons. The molecule has 0 saturated heterocycles. The number of rotatable bonds is 4. The first kappa shape index (κ1) is 20.4. The number of imide groups is 1. The number of pyridine rings is 1. The van der Waals surface area contributed by atoms with Crippen molar-refractivity contribution in [1.82, 2.24) is 10.3 Å². The van der Waals surface area contributed by atoms with Crippen LogP contribution in [0.1, 0.15) is 45.1 Å². The number of anilines is 1. The molecule has 1 aromatic rings. The number of hydrogen-bond donors (Lipinski definition) is 3. The topological polar surface area (TPSA) is 129 Å². The highest BCUT2D eigenvalue weighted by molar-refractivity contribution is 6.08. The van der Waals surface area contributed by atoms with Crippen LogP contribution < -0.4 is 10.2 Å². The van der Waals surface area contributed by atoms with Crippen molar-refractivity contribution in [2.24, 2.45) is 0 Å². The van der Waals surface area contributed by atoms with E-state index in [1.54, 1.807) is 20.8 Å². The third-order valence-corrected chi connectivity index (χ3v) is 2.69. The molecule has 9 heteroatoms. The first-order valence-electron chi connectivity index (χ1n) is 7.53. The molecule has 3 N–H and O–H groups in total. The Balaban J connectivity index is 2.93. The Morgan fingerprint density at radius 2 is 1.80 bits per heavy atom. The fourth-order valence-electron chi connectivity index (χ4n) is 1.64. The Bertz CT molecular complexity index is 643. The monoisotopic (exact) mass is 353 g/mol. The van der Waals surface area contributed by atoms with Gasteiger partial charge in [-0.15, -0.1) is 0 Å². The van der Waals surface area contributed by atoms with Gasteiger partial charge in [-0.1, -0.05) is 0 Å². The number of carboxylic acid groups (broad SMARTS) is 1. The second-order valence-corrected chi connectivity index (χ2v) is 7.00. The summed E-state index contributed by atoms with van der Waals surface area (Å²) < 4.78 is 5.04. The predicted molar refractivity (Wildman–Crippen MR) is 89.6 cm³/mol. The molecule has 0 saturated carbocycles. The summed E-state index contributed by atoms with van der Waals surface area (Å²) in [6.45, 7) is 7.93. The lowest BCUT2D eigenvalue weighted by Gasteiger charge is -2.24. The molecule has 1 rings (SSSR count). The molecule has 0 fully saturated rings. The molecule has 0 bridgehead atoms. The van der Waals surface area contributed by atoms with Crippen LogP contribution in [0.25, 0.3) is 0 Å². The summed E-state index contributed by atoms with van der Waals surface area (Å²) in [5, 5.41) is 21.3. The van der Waals surface area contributed by atoms with E-state index >= 15 is 0 Å². The van der Waals surface area contributed by atoms with Crippen molar-refractivity contribution in [2.75, 3.05) is 11.4 Å². The molecule has 0 radical (unpaired) electrons. The fourth-order valence-corrected chi connectivity index (χ4v) is 1.64. The number of aliphatic hydroxyl groups is 1. The number of hydrogen-bond acceptors (Lipinski definition) is 6. The van der Waals surface area contributed by atoms with Gasteiger partial charge in [0.2, 0.25) is 0 Å². The Morgan fingerprint density at radius 1 is 1.20 bits per heavy atom. The summed E-state index contributed by atoms with van der Waals surface area (Å²) in [5.41, 5.74) is -1.98. The van der Waals surface area contributed by atoms with Gasteiger partial charge in [-0.3, -0.25) is 4.79 Å². The van der Waals surface area contributed by atoms with E-state index in [1.807, 2.05) is 0 Å². The zero-order valence-corrected chi connectivity index (χ0v) is 14.9. The van der Waals surface area contributed by atoms with Crippen LogP contribution >= 0.6 is 0 Å². The SMILES string of the molecule is CC(C)(O)CNC(=O)c1ccc(N(C(=O)O)C(=O)OC(C)(C)C)cn1. The van der Waals surface area contributed by atoms with Crippen molar-refractivity contribution in [3.63, 3.8) is 0 Å². The van der Waals surface area contributed by atoms with Crippen molar-refractivity contribution >= 4 is 23.8 Å². The Labute approximate surface area is 145 Å². The van der Waals surface area contributed by atoms with Gasteiger partial charge in [-0.2, -0.15) is 4.90 Å².